The number of carbonyl (C=O) groups is 1. The quantitative estimate of drug-likeness (QED) is 0.782. The van der Waals surface area contributed by atoms with Crippen molar-refractivity contribution in [3.05, 3.63) is 0 Å². The maximum Gasteiger partial charge on any atom is 0.353 e. The first-order chi connectivity index (χ1) is 7.65. The third kappa shape index (κ3) is 2.19. The lowest BCUT2D eigenvalue weighted by molar-refractivity contribution is -0.129. The van der Waals surface area contributed by atoms with Crippen LogP contribution in [0.3, 0.4) is 0 Å². The Morgan fingerprint density at radius 3 is 3.12 bits per heavy atom. The van der Waals surface area contributed by atoms with E-state index >= 15 is 0 Å². The van der Waals surface area contributed by atoms with Crippen LogP contribution in [0.4, 0.5) is 0 Å². The highest BCUT2D eigenvalue weighted by Crippen LogP contribution is 2.33. The Morgan fingerprint density at radius 1 is 1.69 bits per heavy atom. The summed E-state index contributed by atoms with van der Waals surface area (Å²) in [4.78, 5) is 18.5. The monoisotopic (exact) mass is 226 g/mol. The number of carboxylic acids is 1. The lowest BCUT2D eigenvalue weighted by Gasteiger charge is -2.37. The Hall–Kier alpha value is -1.10. The molecule has 0 aliphatic carbocycles. The molecule has 0 aromatic rings. The molecular weight excluding hydrogens is 208 g/mol. The van der Waals surface area contributed by atoms with Crippen molar-refractivity contribution < 1.29 is 14.7 Å². The van der Waals surface area contributed by atoms with Crippen molar-refractivity contribution in [2.75, 3.05) is 19.6 Å². The Labute approximate surface area is 95.1 Å². The molecule has 1 fully saturated rings. The Morgan fingerprint density at radius 2 is 2.50 bits per heavy atom. The van der Waals surface area contributed by atoms with Gasteiger partial charge in [-0.25, -0.2) is 4.79 Å². The second kappa shape index (κ2) is 4.41. The Bertz CT molecular complexity index is 314. The van der Waals surface area contributed by atoms with E-state index in [0.29, 0.717) is 6.42 Å². The minimum Gasteiger partial charge on any atom is -0.477 e. The normalized spacial score (nSPS) is 30.2. The van der Waals surface area contributed by atoms with Gasteiger partial charge >= 0.3 is 5.97 Å². The summed E-state index contributed by atoms with van der Waals surface area (Å²) in [5.74, 6) is -0.954. The summed E-state index contributed by atoms with van der Waals surface area (Å²) in [6, 6.07) is 0. The summed E-state index contributed by atoms with van der Waals surface area (Å²) in [7, 11) is 0. The van der Waals surface area contributed by atoms with E-state index in [0.717, 1.165) is 38.9 Å². The smallest absolute Gasteiger partial charge is 0.353 e. The summed E-state index contributed by atoms with van der Waals surface area (Å²) < 4.78 is 0. The molecule has 2 aliphatic heterocycles. The van der Waals surface area contributed by atoms with Crippen molar-refractivity contribution in [2.45, 2.75) is 38.2 Å². The molecule has 1 unspecified atom stereocenters. The van der Waals surface area contributed by atoms with Crippen molar-refractivity contribution in [1.82, 2.24) is 4.90 Å². The van der Waals surface area contributed by atoms with Crippen molar-refractivity contribution in [2.24, 2.45) is 5.16 Å². The molecule has 5 nitrogen and oxygen atoms in total. The fourth-order valence-corrected chi connectivity index (χ4v) is 2.55. The summed E-state index contributed by atoms with van der Waals surface area (Å²) in [5.41, 5.74) is -0.195. The van der Waals surface area contributed by atoms with Crippen LogP contribution in [0.2, 0.25) is 0 Å². The molecule has 2 heterocycles. The van der Waals surface area contributed by atoms with E-state index in [1.54, 1.807) is 0 Å². The number of carboxylic acid groups (broad SMARTS) is 1. The van der Waals surface area contributed by atoms with E-state index in [2.05, 4.69) is 17.0 Å². The summed E-state index contributed by atoms with van der Waals surface area (Å²) in [6.07, 6.45) is 3.53. The third-order valence-corrected chi connectivity index (χ3v) is 3.24. The molecule has 1 saturated heterocycles. The molecule has 2 rings (SSSR count). The molecule has 0 aromatic heterocycles. The van der Waals surface area contributed by atoms with Crippen LogP contribution in [0.5, 0.6) is 0 Å². The van der Waals surface area contributed by atoms with Gasteiger partial charge in [-0.3, -0.25) is 4.90 Å². The Kier molecular flexibility index (Phi) is 3.14. The van der Waals surface area contributed by atoms with Crippen molar-refractivity contribution >= 4 is 11.7 Å². The van der Waals surface area contributed by atoms with Gasteiger partial charge in [0, 0.05) is 13.0 Å². The van der Waals surface area contributed by atoms with Crippen LogP contribution in [0.15, 0.2) is 5.16 Å². The highest BCUT2D eigenvalue weighted by Gasteiger charge is 2.44. The molecule has 2 aliphatic rings. The van der Waals surface area contributed by atoms with Crippen molar-refractivity contribution in [1.29, 1.82) is 0 Å². The minimum absolute atomic E-state index is 0.165. The molecule has 1 N–H and O–H groups in total. The van der Waals surface area contributed by atoms with Gasteiger partial charge in [-0.05, 0) is 32.4 Å². The average molecular weight is 226 g/mol. The van der Waals surface area contributed by atoms with E-state index < -0.39 is 5.97 Å². The van der Waals surface area contributed by atoms with E-state index in [4.69, 9.17) is 9.94 Å². The maximum absolute atomic E-state index is 10.8. The standard InChI is InChI=1S/C11H18N2O3/c1-2-5-13-6-3-4-11(8-13)7-9(10(14)15)12-16-11/h2-8H2,1H3,(H,14,15). The molecule has 90 valence electrons. The number of aliphatic carboxylic acids is 1. The topological polar surface area (TPSA) is 62.1 Å². The van der Waals surface area contributed by atoms with Gasteiger partial charge < -0.3 is 9.94 Å². The van der Waals surface area contributed by atoms with Crippen molar-refractivity contribution in [3.63, 3.8) is 0 Å². The summed E-state index contributed by atoms with van der Waals surface area (Å²) >= 11 is 0. The van der Waals surface area contributed by atoms with Crippen LogP contribution < -0.4 is 0 Å². The first-order valence-electron chi connectivity index (χ1n) is 5.86. The maximum atomic E-state index is 10.8. The van der Waals surface area contributed by atoms with Crippen molar-refractivity contribution in [3.8, 4) is 0 Å². The number of piperidine rings is 1. The molecule has 0 radical (unpaired) electrons. The number of nitrogens with zero attached hydrogens (tertiary/aromatic N) is 2. The first-order valence-corrected chi connectivity index (χ1v) is 5.86. The summed E-state index contributed by atoms with van der Waals surface area (Å²) in [5, 5.41) is 12.6. The van der Waals surface area contributed by atoms with Gasteiger partial charge in [0.25, 0.3) is 0 Å². The molecule has 16 heavy (non-hydrogen) atoms. The molecule has 0 bridgehead atoms. The van der Waals surface area contributed by atoms with Crippen LogP contribution in [0.1, 0.15) is 32.6 Å². The van der Waals surface area contributed by atoms with E-state index in [-0.39, 0.29) is 11.3 Å². The van der Waals surface area contributed by atoms with E-state index in [9.17, 15) is 4.79 Å². The van der Waals surface area contributed by atoms with Gasteiger partial charge in [-0.1, -0.05) is 12.1 Å². The second-order valence-electron chi connectivity index (χ2n) is 4.67. The van der Waals surface area contributed by atoms with Crippen LogP contribution in [-0.4, -0.2) is 46.9 Å². The molecule has 0 amide bonds. The zero-order valence-electron chi connectivity index (χ0n) is 9.61. The van der Waals surface area contributed by atoms with Crippen LogP contribution in [0, 0.1) is 0 Å². The molecule has 0 aromatic carbocycles. The average Bonchev–Trinajstić information content (AvgIpc) is 2.63. The number of hydrogen-bond donors (Lipinski definition) is 1. The number of oxime groups is 1. The van der Waals surface area contributed by atoms with Crippen LogP contribution >= 0.6 is 0 Å². The fraction of sp³-hybridized carbons (Fsp3) is 0.818. The van der Waals surface area contributed by atoms with Gasteiger partial charge in [0.15, 0.2) is 11.3 Å². The van der Waals surface area contributed by atoms with Gasteiger partial charge in [0.1, 0.15) is 0 Å². The predicted molar refractivity (Wildman–Crippen MR) is 59.5 cm³/mol. The van der Waals surface area contributed by atoms with E-state index in [1.807, 2.05) is 0 Å². The van der Waals surface area contributed by atoms with Gasteiger partial charge in [0.05, 0.1) is 0 Å². The Balaban J connectivity index is 1.97. The molecular formula is C11H18N2O3. The predicted octanol–water partition coefficient (Wildman–Crippen LogP) is 1.09. The van der Waals surface area contributed by atoms with Gasteiger partial charge in [0.2, 0.25) is 0 Å². The highest BCUT2D eigenvalue weighted by atomic mass is 16.7. The van der Waals surface area contributed by atoms with Crippen LogP contribution in [-0.2, 0) is 9.63 Å². The molecule has 0 saturated carbocycles. The molecule has 1 spiro atoms. The van der Waals surface area contributed by atoms with E-state index in [1.165, 1.54) is 0 Å². The number of likely N-dealkylation sites (tertiary alicyclic amines) is 1. The lowest BCUT2D eigenvalue weighted by atomic mass is 9.88. The summed E-state index contributed by atoms with van der Waals surface area (Å²) in [6.45, 7) is 5.09. The number of rotatable bonds is 3. The first kappa shape index (κ1) is 11.4. The zero-order valence-corrected chi connectivity index (χ0v) is 9.61. The highest BCUT2D eigenvalue weighted by molar-refractivity contribution is 6.36. The van der Waals surface area contributed by atoms with Gasteiger partial charge in [-0.2, -0.15) is 0 Å². The minimum atomic E-state index is -0.954. The van der Waals surface area contributed by atoms with Gasteiger partial charge in [-0.15, -0.1) is 0 Å². The number of hydrogen-bond acceptors (Lipinski definition) is 4. The molecule has 5 heteroatoms. The fourth-order valence-electron chi connectivity index (χ4n) is 2.55. The SMILES string of the molecule is CCCN1CCCC2(CC(C(=O)O)=NO2)C1. The zero-order chi connectivity index (χ0) is 11.6. The largest absolute Gasteiger partial charge is 0.477 e. The third-order valence-electron chi connectivity index (χ3n) is 3.24. The second-order valence-corrected chi connectivity index (χ2v) is 4.67. The van der Waals surface area contributed by atoms with Crippen LogP contribution in [0.25, 0.3) is 0 Å². The molecule has 1 atom stereocenters. The lowest BCUT2D eigenvalue weighted by Crippen LogP contribution is -2.48.